The lowest BCUT2D eigenvalue weighted by molar-refractivity contribution is -0.111. The summed E-state index contributed by atoms with van der Waals surface area (Å²) in [6.07, 6.45) is 2.59. The van der Waals surface area contributed by atoms with Crippen LogP contribution in [0, 0.1) is 0 Å². The second-order valence-corrected chi connectivity index (χ2v) is 3.29. The van der Waals surface area contributed by atoms with Crippen LogP contribution in [0.25, 0.3) is 0 Å². The van der Waals surface area contributed by atoms with E-state index in [1.165, 1.54) is 0 Å². The van der Waals surface area contributed by atoms with Gasteiger partial charge < -0.3 is 0 Å². The summed E-state index contributed by atoms with van der Waals surface area (Å²) in [5.41, 5.74) is 0.752. The van der Waals surface area contributed by atoms with Crippen LogP contribution in [-0.2, 0) is 10.3 Å². The van der Waals surface area contributed by atoms with E-state index in [9.17, 15) is 4.79 Å². The summed E-state index contributed by atoms with van der Waals surface area (Å²) in [6, 6.07) is 9.44. The average Bonchev–Trinajstić information content (AvgIpc) is 2.63. The van der Waals surface area contributed by atoms with Gasteiger partial charge >= 0.3 is 0 Å². The van der Waals surface area contributed by atoms with Crippen molar-refractivity contribution in [2.45, 2.75) is 12.5 Å². The SMILES string of the molecule is CC1=CC(C=O)(c2ccccc2)N=N1. The van der Waals surface area contributed by atoms with Crippen molar-refractivity contribution in [2.75, 3.05) is 0 Å². The minimum atomic E-state index is -0.884. The molecule has 3 nitrogen and oxygen atoms in total. The molecule has 0 bridgehead atoms. The van der Waals surface area contributed by atoms with Crippen molar-refractivity contribution in [2.24, 2.45) is 10.2 Å². The minimum absolute atomic E-state index is 0.779. The Labute approximate surface area is 82.2 Å². The molecule has 1 aromatic rings. The van der Waals surface area contributed by atoms with Gasteiger partial charge in [0.05, 0.1) is 5.70 Å². The normalized spacial score (nSPS) is 24.8. The fourth-order valence-electron chi connectivity index (χ4n) is 1.51. The van der Waals surface area contributed by atoms with Gasteiger partial charge in [-0.1, -0.05) is 30.3 Å². The molecule has 0 aromatic heterocycles. The van der Waals surface area contributed by atoms with E-state index in [-0.39, 0.29) is 0 Å². The van der Waals surface area contributed by atoms with Gasteiger partial charge in [-0.05, 0) is 18.6 Å². The monoisotopic (exact) mass is 186 g/mol. The lowest BCUT2D eigenvalue weighted by Crippen LogP contribution is -2.20. The van der Waals surface area contributed by atoms with Crippen LogP contribution in [-0.4, -0.2) is 6.29 Å². The third-order valence-corrected chi connectivity index (χ3v) is 2.22. The summed E-state index contributed by atoms with van der Waals surface area (Å²) >= 11 is 0. The van der Waals surface area contributed by atoms with Gasteiger partial charge in [0.15, 0.2) is 11.8 Å². The summed E-state index contributed by atoms with van der Waals surface area (Å²) in [5.74, 6) is 0. The van der Waals surface area contributed by atoms with Gasteiger partial charge in [-0.15, -0.1) is 0 Å². The molecule has 1 aliphatic heterocycles. The van der Waals surface area contributed by atoms with Gasteiger partial charge in [-0.2, -0.15) is 10.2 Å². The van der Waals surface area contributed by atoms with E-state index in [4.69, 9.17) is 0 Å². The van der Waals surface area contributed by atoms with Crippen LogP contribution in [0.1, 0.15) is 12.5 Å². The van der Waals surface area contributed by atoms with E-state index in [1.807, 2.05) is 37.3 Å². The zero-order valence-corrected chi connectivity index (χ0v) is 7.84. The third-order valence-electron chi connectivity index (χ3n) is 2.22. The Balaban J connectivity index is 2.51. The predicted molar refractivity (Wildman–Crippen MR) is 52.8 cm³/mol. The number of hydrogen-bond donors (Lipinski definition) is 0. The Morgan fingerprint density at radius 3 is 2.50 bits per heavy atom. The maximum absolute atomic E-state index is 11.1. The van der Waals surface area contributed by atoms with E-state index in [0.29, 0.717) is 0 Å². The number of allylic oxidation sites excluding steroid dienone is 1. The third kappa shape index (κ3) is 1.27. The van der Waals surface area contributed by atoms with Crippen LogP contribution < -0.4 is 0 Å². The maximum atomic E-state index is 11.1. The van der Waals surface area contributed by atoms with Gasteiger partial charge in [0.2, 0.25) is 0 Å². The minimum Gasteiger partial charge on any atom is -0.300 e. The quantitative estimate of drug-likeness (QED) is 0.654. The van der Waals surface area contributed by atoms with Crippen LogP contribution in [0.2, 0.25) is 0 Å². The molecule has 0 saturated carbocycles. The Hall–Kier alpha value is -1.77. The first-order chi connectivity index (χ1) is 6.77. The van der Waals surface area contributed by atoms with Gasteiger partial charge in [-0.3, -0.25) is 4.79 Å². The second-order valence-electron chi connectivity index (χ2n) is 3.29. The molecule has 1 aliphatic rings. The van der Waals surface area contributed by atoms with Crippen molar-refractivity contribution in [1.82, 2.24) is 0 Å². The fourth-order valence-corrected chi connectivity index (χ4v) is 1.51. The van der Waals surface area contributed by atoms with Gasteiger partial charge in [0.25, 0.3) is 0 Å². The lowest BCUT2D eigenvalue weighted by atomic mass is 9.92. The molecule has 1 aromatic carbocycles. The van der Waals surface area contributed by atoms with Crippen LogP contribution in [0.5, 0.6) is 0 Å². The van der Waals surface area contributed by atoms with Crippen molar-refractivity contribution >= 4 is 6.29 Å². The van der Waals surface area contributed by atoms with E-state index < -0.39 is 5.54 Å². The molecule has 0 saturated heterocycles. The van der Waals surface area contributed by atoms with E-state index in [0.717, 1.165) is 17.5 Å². The number of rotatable bonds is 2. The van der Waals surface area contributed by atoms with Crippen LogP contribution >= 0.6 is 0 Å². The Bertz CT molecular complexity index is 409. The van der Waals surface area contributed by atoms with E-state index in [1.54, 1.807) is 6.08 Å². The molecular formula is C11H10N2O. The highest BCUT2D eigenvalue weighted by molar-refractivity contribution is 5.72. The van der Waals surface area contributed by atoms with Gasteiger partial charge in [-0.25, -0.2) is 0 Å². The molecule has 0 aliphatic carbocycles. The number of azo groups is 1. The summed E-state index contributed by atoms with van der Waals surface area (Å²) in [4.78, 5) is 11.1. The van der Waals surface area contributed by atoms with Gasteiger partial charge in [0, 0.05) is 0 Å². The molecule has 14 heavy (non-hydrogen) atoms. The molecule has 70 valence electrons. The lowest BCUT2D eigenvalue weighted by Gasteiger charge is -2.14. The first-order valence-corrected chi connectivity index (χ1v) is 4.41. The molecule has 2 rings (SSSR count). The van der Waals surface area contributed by atoms with Gasteiger partial charge in [0.1, 0.15) is 0 Å². The molecule has 0 spiro atoms. The zero-order chi connectivity index (χ0) is 10.0. The highest BCUT2D eigenvalue weighted by Gasteiger charge is 2.32. The molecule has 0 fully saturated rings. The average molecular weight is 186 g/mol. The van der Waals surface area contributed by atoms with Crippen molar-refractivity contribution < 1.29 is 4.79 Å². The predicted octanol–water partition coefficient (Wildman–Crippen LogP) is 2.45. The zero-order valence-electron chi connectivity index (χ0n) is 7.84. The summed E-state index contributed by atoms with van der Waals surface area (Å²) < 4.78 is 0. The molecule has 1 atom stereocenters. The van der Waals surface area contributed by atoms with E-state index >= 15 is 0 Å². The molecule has 1 heterocycles. The Morgan fingerprint density at radius 1 is 1.29 bits per heavy atom. The van der Waals surface area contributed by atoms with Crippen molar-refractivity contribution in [3.05, 3.63) is 47.7 Å². The van der Waals surface area contributed by atoms with Crippen molar-refractivity contribution in [1.29, 1.82) is 0 Å². The van der Waals surface area contributed by atoms with Crippen molar-refractivity contribution in [3.8, 4) is 0 Å². The van der Waals surface area contributed by atoms with Crippen LogP contribution in [0.4, 0.5) is 0 Å². The number of carbonyl (C=O) groups excluding carboxylic acids is 1. The molecular weight excluding hydrogens is 176 g/mol. The van der Waals surface area contributed by atoms with Crippen LogP contribution in [0.15, 0.2) is 52.3 Å². The highest BCUT2D eigenvalue weighted by atomic mass is 16.1. The topological polar surface area (TPSA) is 41.8 Å². The second kappa shape index (κ2) is 3.18. The Morgan fingerprint density at radius 2 is 2.00 bits per heavy atom. The number of carbonyl (C=O) groups is 1. The highest BCUT2D eigenvalue weighted by Crippen LogP contribution is 2.32. The number of hydrogen-bond acceptors (Lipinski definition) is 3. The smallest absolute Gasteiger partial charge is 0.182 e. The molecule has 0 radical (unpaired) electrons. The molecule has 0 amide bonds. The summed E-state index contributed by atoms with van der Waals surface area (Å²) in [5, 5.41) is 7.89. The largest absolute Gasteiger partial charge is 0.300 e. The standard InChI is InChI=1S/C11H10N2O/c1-9-7-11(8-14,13-12-9)10-5-3-2-4-6-10/h2-8H,1H3. The van der Waals surface area contributed by atoms with E-state index in [2.05, 4.69) is 10.2 Å². The summed E-state index contributed by atoms with van der Waals surface area (Å²) in [7, 11) is 0. The number of benzene rings is 1. The summed E-state index contributed by atoms with van der Waals surface area (Å²) in [6.45, 7) is 1.83. The first-order valence-electron chi connectivity index (χ1n) is 4.41. The van der Waals surface area contributed by atoms with Crippen molar-refractivity contribution in [3.63, 3.8) is 0 Å². The number of aldehydes is 1. The number of nitrogens with zero attached hydrogens (tertiary/aromatic N) is 2. The fraction of sp³-hybridized carbons (Fsp3) is 0.182. The molecule has 0 N–H and O–H groups in total. The van der Waals surface area contributed by atoms with Crippen LogP contribution in [0.3, 0.4) is 0 Å². The molecule has 1 unspecified atom stereocenters. The molecule has 3 heteroatoms. The first kappa shape index (κ1) is 8.81. The maximum Gasteiger partial charge on any atom is 0.182 e. The Kier molecular flexibility index (Phi) is 2.00.